The number of nitrogens with two attached hydrogens (primary N) is 1. The summed E-state index contributed by atoms with van der Waals surface area (Å²) < 4.78 is 0. The second-order valence-electron chi connectivity index (χ2n) is 7.08. The molecule has 27 heavy (non-hydrogen) atoms. The highest BCUT2D eigenvalue weighted by Crippen LogP contribution is 2.36. The van der Waals surface area contributed by atoms with Gasteiger partial charge in [-0.15, -0.1) is 0 Å². The Bertz CT molecular complexity index is 941. The number of anilines is 1. The molecule has 0 spiro atoms. The molecule has 3 aromatic rings. The highest BCUT2D eigenvalue weighted by molar-refractivity contribution is 6.34. The molecule has 6 heteroatoms. The molecule has 2 N–H and O–H groups in total. The monoisotopic (exact) mass is 400 g/mol. The van der Waals surface area contributed by atoms with Gasteiger partial charge in [-0.25, -0.2) is 9.97 Å². The standard InChI is InChI=1S/C21H22Cl2N4/c22-16-5-3-15(4-6-16)17-10-18-20(11-19(17)23)25-13-26-21(18)27-9-1-2-14(12-27)7-8-24/h3-6,10-11,13-14H,1-2,7-9,12,24H2. The summed E-state index contributed by atoms with van der Waals surface area (Å²) in [6.07, 6.45) is 5.08. The van der Waals surface area contributed by atoms with E-state index in [9.17, 15) is 0 Å². The molecule has 0 bridgehead atoms. The van der Waals surface area contributed by atoms with Crippen LogP contribution in [0.4, 0.5) is 5.82 Å². The molecule has 1 fully saturated rings. The molecule has 1 atom stereocenters. The van der Waals surface area contributed by atoms with Crippen LogP contribution in [-0.4, -0.2) is 29.6 Å². The first kappa shape index (κ1) is 18.5. The van der Waals surface area contributed by atoms with Crippen LogP contribution in [0.15, 0.2) is 42.7 Å². The molecule has 1 aliphatic rings. The Labute approximate surface area is 169 Å². The number of hydrogen-bond donors (Lipinski definition) is 1. The van der Waals surface area contributed by atoms with Gasteiger partial charge in [0.1, 0.15) is 12.1 Å². The molecule has 2 heterocycles. The molecule has 0 radical (unpaired) electrons. The number of nitrogens with zero attached hydrogens (tertiary/aromatic N) is 3. The van der Waals surface area contributed by atoms with Gasteiger partial charge in [-0.1, -0.05) is 35.3 Å². The fourth-order valence-corrected chi connectivity index (χ4v) is 4.29. The van der Waals surface area contributed by atoms with Gasteiger partial charge >= 0.3 is 0 Å². The molecule has 1 aromatic heterocycles. The minimum Gasteiger partial charge on any atom is -0.356 e. The number of rotatable bonds is 4. The maximum absolute atomic E-state index is 6.56. The normalized spacial score (nSPS) is 17.4. The molecule has 1 unspecified atom stereocenters. The lowest BCUT2D eigenvalue weighted by Gasteiger charge is -2.34. The number of fused-ring (bicyclic) bond motifs is 1. The Morgan fingerprint density at radius 1 is 1.11 bits per heavy atom. The Balaban J connectivity index is 1.77. The quantitative estimate of drug-likeness (QED) is 0.656. The smallest absolute Gasteiger partial charge is 0.139 e. The molecule has 0 aliphatic carbocycles. The van der Waals surface area contributed by atoms with Crippen molar-refractivity contribution in [3.8, 4) is 11.1 Å². The van der Waals surface area contributed by atoms with Crippen LogP contribution < -0.4 is 10.6 Å². The molecule has 2 aromatic carbocycles. The summed E-state index contributed by atoms with van der Waals surface area (Å²) in [5, 5.41) is 2.41. The zero-order valence-corrected chi connectivity index (χ0v) is 16.5. The number of benzene rings is 2. The molecule has 0 saturated carbocycles. The topological polar surface area (TPSA) is 55.0 Å². The van der Waals surface area contributed by atoms with Gasteiger partial charge in [0.2, 0.25) is 0 Å². The minimum atomic E-state index is 0.622. The van der Waals surface area contributed by atoms with Crippen molar-refractivity contribution in [3.63, 3.8) is 0 Å². The number of aromatic nitrogens is 2. The highest BCUT2D eigenvalue weighted by atomic mass is 35.5. The van der Waals surface area contributed by atoms with Crippen LogP contribution in [0.1, 0.15) is 19.3 Å². The molecule has 140 valence electrons. The predicted molar refractivity (Wildman–Crippen MR) is 114 cm³/mol. The fraction of sp³-hybridized carbons (Fsp3) is 0.333. The summed E-state index contributed by atoms with van der Waals surface area (Å²) in [7, 11) is 0. The van der Waals surface area contributed by atoms with Crippen LogP contribution in [0.2, 0.25) is 10.0 Å². The van der Waals surface area contributed by atoms with Crippen molar-refractivity contribution in [1.29, 1.82) is 0 Å². The van der Waals surface area contributed by atoms with Crippen LogP contribution in [0, 0.1) is 5.92 Å². The third kappa shape index (κ3) is 3.88. The number of halogens is 2. The van der Waals surface area contributed by atoms with Crippen molar-refractivity contribution in [1.82, 2.24) is 9.97 Å². The predicted octanol–water partition coefficient (Wildman–Crippen LogP) is 5.17. The summed E-state index contributed by atoms with van der Waals surface area (Å²) in [5.41, 5.74) is 8.64. The van der Waals surface area contributed by atoms with Crippen LogP contribution in [0.25, 0.3) is 22.0 Å². The van der Waals surface area contributed by atoms with E-state index < -0.39 is 0 Å². The van der Waals surface area contributed by atoms with E-state index in [0.717, 1.165) is 60.3 Å². The van der Waals surface area contributed by atoms with Crippen molar-refractivity contribution in [2.75, 3.05) is 24.5 Å². The first-order valence-electron chi connectivity index (χ1n) is 9.31. The minimum absolute atomic E-state index is 0.622. The molecule has 4 nitrogen and oxygen atoms in total. The SMILES string of the molecule is NCCC1CCCN(c2ncnc3cc(Cl)c(-c4ccc(Cl)cc4)cc23)C1. The van der Waals surface area contributed by atoms with Crippen molar-refractivity contribution in [2.45, 2.75) is 19.3 Å². The Hall–Kier alpha value is -1.88. The van der Waals surface area contributed by atoms with Gasteiger partial charge < -0.3 is 10.6 Å². The molecule has 1 saturated heterocycles. The lowest BCUT2D eigenvalue weighted by Crippen LogP contribution is -2.36. The van der Waals surface area contributed by atoms with Crippen LogP contribution in [0.5, 0.6) is 0 Å². The van der Waals surface area contributed by atoms with Gasteiger partial charge in [0.05, 0.1) is 10.5 Å². The fourth-order valence-electron chi connectivity index (χ4n) is 3.90. The van der Waals surface area contributed by atoms with Crippen LogP contribution in [-0.2, 0) is 0 Å². The van der Waals surface area contributed by atoms with Gasteiger partial charge in [0.15, 0.2) is 0 Å². The lowest BCUT2D eigenvalue weighted by atomic mass is 9.94. The largest absolute Gasteiger partial charge is 0.356 e. The average Bonchev–Trinajstić information content (AvgIpc) is 2.68. The van der Waals surface area contributed by atoms with Crippen molar-refractivity contribution >= 4 is 39.9 Å². The van der Waals surface area contributed by atoms with E-state index in [4.69, 9.17) is 28.9 Å². The van der Waals surface area contributed by atoms with Crippen molar-refractivity contribution in [2.24, 2.45) is 11.7 Å². The van der Waals surface area contributed by atoms with E-state index in [0.29, 0.717) is 16.0 Å². The van der Waals surface area contributed by atoms with E-state index in [1.807, 2.05) is 30.3 Å². The summed E-state index contributed by atoms with van der Waals surface area (Å²) in [4.78, 5) is 11.4. The first-order chi connectivity index (χ1) is 13.2. The third-order valence-corrected chi connectivity index (χ3v) is 5.82. The Kier molecular flexibility index (Phi) is 5.48. The van der Waals surface area contributed by atoms with Crippen molar-refractivity contribution in [3.05, 3.63) is 52.8 Å². The molecule has 0 amide bonds. The van der Waals surface area contributed by atoms with Crippen LogP contribution >= 0.6 is 23.2 Å². The number of piperidine rings is 1. The zero-order chi connectivity index (χ0) is 18.8. The second-order valence-corrected chi connectivity index (χ2v) is 7.93. The van der Waals surface area contributed by atoms with Gasteiger partial charge in [0, 0.05) is 29.1 Å². The molecule has 4 rings (SSSR count). The highest BCUT2D eigenvalue weighted by Gasteiger charge is 2.22. The lowest BCUT2D eigenvalue weighted by molar-refractivity contribution is 0.395. The van der Waals surface area contributed by atoms with E-state index in [2.05, 4.69) is 20.9 Å². The molecular weight excluding hydrogens is 379 g/mol. The van der Waals surface area contributed by atoms with Gasteiger partial charge in [0.25, 0.3) is 0 Å². The third-order valence-electron chi connectivity index (χ3n) is 5.25. The maximum Gasteiger partial charge on any atom is 0.139 e. The Morgan fingerprint density at radius 3 is 2.70 bits per heavy atom. The number of hydrogen-bond acceptors (Lipinski definition) is 4. The van der Waals surface area contributed by atoms with E-state index in [1.54, 1.807) is 6.33 Å². The molecule has 1 aliphatic heterocycles. The average molecular weight is 401 g/mol. The first-order valence-corrected chi connectivity index (χ1v) is 10.1. The van der Waals surface area contributed by atoms with E-state index >= 15 is 0 Å². The summed E-state index contributed by atoms with van der Waals surface area (Å²) >= 11 is 12.6. The van der Waals surface area contributed by atoms with E-state index in [-0.39, 0.29) is 0 Å². The van der Waals surface area contributed by atoms with E-state index in [1.165, 1.54) is 6.42 Å². The Morgan fingerprint density at radius 2 is 1.93 bits per heavy atom. The maximum atomic E-state index is 6.56. The second kappa shape index (κ2) is 8.01. The van der Waals surface area contributed by atoms with Crippen LogP contribution in [0.3, 0.4) is 0 Å². The van der Waals surface area contributed by atoms with Gasteiger partial charge in [-0.3, -0.25) is 0 Å². The molecular formula is C21H22Cl2N4. The summed E-state index contributed by atoms with van der Waals surface area (Å²) in [6.45, 7) is 2.73. The zero-order valence-electron chi connectivity index (χ0n) is 15.0. The van der Waals surface area contributed by atoms with Crippen molar-refractivity contribution < 1.29 is 0 Å². The summed E-state index contributed by atoms with van der Waals surface area (Å²) in [6, 6.07) is 11.7. The van der Waals surface area contributed by atoms with Gasteiger partial charge in [-0.2, -0.15) is 0 Å². The summed E-state index contributed by atoms with van der Waals surface area (Å²) in [5.74, 6) is 1.60. The van der Waals surface area contributed by atoms with Gasteiger partial charge in [-0.05, 0) is 61.6 Å².